The fourth-order valence-electron chi connectivity index (χ4n) is 4.19. The molecule has 1 heterocycles. The molecule has 8 nitrogen and oxygen atoms in total. The van der Waals surface area contributed by atoms with Crippen LogP contribution in [-0.4, -0.2) is 52.1 Å². The van der Waals surface area contributed by atoms with E-state index in [9.17, 15) is 19.5 Å². The monoisotopic (exact) mass is 511 g/mol. The number of thioether (sulfide) groups is 1. The summed E-state index contributed by atoms with van der Waals surface area (Å²) in [5.74, 6) is -1.16. The van der Waals surface area contributed by atoms with E-state index in [0.717, 1.165) is 33.8 Å². The number of carbonyl (C=O) groups excluding carboxylic acids is 2. The Morgan fingerprint density at radius 1 is 1.11 bits per heavy atom. The summed E-state index contributed by atoms with van der Waals surface area (Å²) in [6, 6.07) is 15.2. The smallest absolute Gasteiger partial charge is 0.407 e. The molecule has 182 valence electrons. The number of aromatic nitrogens is 1. The molecule has 10 heteroatoms. The van der Waals surface area contributed by atoms with E-state index in [-0.39, 0.29) is 23.1 Å². The average molecular weight is 512 g/mol. The number of ether oxygens (including phenoxy) is 1. The fourth-order valence-corrected chi connectivity index (χ4v) is 5.46. The predicted octanol–water partition coefficient (Wildman–Crippen LogP) is 4.75. The lowest BCUT2D eigenvalue weighted by Crippen LogP contribution is -2.44. The second kappa shape index (κ2) is 10.9. The second-order valence-corrected chi connectivity index (χ2v) is 9.83. The molecular formula is C25H25N3O5S2. The van der Waals surface area contributed by atoms with E-state index in [1.165, 1.54) is 11.8 Å². The first kappa shape index (κ1) is 24.7. The Morgan fingerprint density at radius 2 is 1.74 bits per heavy atom. The van der Waals surface area contributed by atoms with Crippen LogP contribution in [0.15, 0.2) is 48.5 Å². The third kappa shape index (κ3) is 5.33. The highest BCUT2D eigenvalue weighted by Crippen LogP contribution is 2.44. The molecule has 1 aliphatic rings. The van der Waals surface area contributed by atoms with Gasteiger partial charge in [-0.05, 0) is 59.1 Å². The van der Waals surface area contributed by atoms with Gasteiger partial charge in [-0.25, -0.2) is 9.59 Å². The standard InChI is InChI=1S/C25H25N3O5S2/c1-14-21(24(30)31)23(35-28-14)27-22(29)20(11-12-34-2)26-25(32)33-13-19-17-9-5-3-7-15(17)16-8-4-6-10-18(16)19/h3-10,19-20H,11-13H2,1-2H3,(H,26,32)(H,27,29)(H,30,31). The van der Waals surface area contributed by atoms with Crippen molar-refractivity contribution in [2.45, 2.75) is 25.3 Å². The van der Waals surface area contributed by atoms with Gasteiger partial charge in [0.15, 0.2) is 0 Å². The Morgan fingerprint density at radius 3 is 2.34 bits per heavy atom. The zero-order valence-corrected chi connectivity index (χ0v) is 20.9. The zero-order chi connectivity index (χ0) is 24.9. The molecule has 0 aliphatic heterocycles. The summed E-state index contributed by atoms with van der Waals surface area (Å²) in [7, 11) is 0. The van der Waals surface area contributed by atoms with Crippen molar-refractivity contribution in [2.24, 2.45) is 0 Å². The van der Waals surface area contributed by atoms with Gasteiger partial charge in [0, 0.05) is 5.92 Å². The number of carboxylic acid groups (broad SMARTS) is 1. The topological polar surface area (TPSA) is 118 Å². The highest BCUT2D eigenvalue weighted by atomic mass is 32.2. The summed E-state index contributed by atoms with van der Waals surface area (Å²) < 4.78 is 9.59. The Hall–Kier alpha value is -3.37. The van der Waals surface area contributed by atoms with Gasteiger partial charge >= 0.3 is 12.1 Å². The number of anilines is 1. The molecule has 1 unspecified atom stereocenters. The van der Waals surface area contributed by atoms with Gasteiger partial charge in [0.2, 0.25) is 5.91 Å². The Bertz CT molecular complexity index is 1210. The normalized spacial score (nSPS) is 13.0. The number of nitrogens with zero attached hydrogens (tertiary/aromatic N) is 1. The number of aryl methyl sites for hydroxylation is 1. The molecule has 0 bridgehead atoms. The molecule has 0 fully saturated rings. The van der Waals surface area contributed by atoms with Crippen molar-refractivity contribution < 1.29 is 24.2 Å². The Kier molecular flexibility index (Phi) is 7.72. The Labute approximate surface area is 211 Å². The van der Waals surface area contributed by atoms with Gasteiger partial charge in [0.1, 0.15) is 23.2 Å². The molecule has 1 aliphatic carbocycles. The maximum Gasteiger partial charge on any atom is 0.407 e. The molecule has 1 aromatic heterocycles. The van der Waals surface area contributed by atoms with Crippen LogP contribution in [0.3, 0.4) is 0 Å². The summed E-state index contributed by atoms with van der Waals surface area (Å²) in [6.07, 6.45) is 1.56. The molecule has 3 aromatic rings. The molecule has 0 spiro atoms. The number of rotatable bonds is 9. The number of hydrogen-bond acceptors (Lipinski definition) is 7. The van der Waals surface area contributed by atoms with Crippen molar-refractivity contribution >= 4 is 46.3 Å². The number of hydrogen-bond donors (Lipinski definition) is 3. The van der Waals surface area contributed by atoms with Crippen molar-refractivity contribution in [3.8, 4) is 11.1 Å². The summed E-state index contributed by atoms with van der Waals surface area (Å²) >= 11 is 2.43. The van der Waals surface area contributed by atoms with Crippen LogP contribution in [0.2, 0.25) is 0 Å². The predicted molar refractivity (Wildman–Crippen MR) is 137 cm³/mol. The third-order valence-corrected chi connectivity index (χ3v) is 7.37. The van der Waals surface area contributed by atoms with Gasteiger partial charge in [-0.2, -0.15) is 16.1 Å². The molecule has 35 heavy (non-hydrogen) atoms. The van der Waals surface area contributed by atoms with Crippen molar-refractivity contribution in [3.05, 3.63) is 70.9 Å². The number of alkyl carbamates (subject to hydrolysis) is 1. The number of aromatic carboxylic acids is 1. The van der Waals surface area contributed by atoms with Gasteiger partial charge in [0.05, 0.1) is 5.69 Å². The van der Waals surface area contributed by atoms with Crippen LogP contribution in [0.4, 0.5) is 9.80 Å². The van der Waals surface area contributed by atoms with Crippen molar-refractivity contribution in [3.63, 3.8) is 0 Å². The minimum absolute atomic E-state index is 0.0480. The van der Waals surface area contributed by atoms with E-state index in [2.05, 4.69) is 27.1 Å². The van der Waals surface area contributed by atoms with Crippen molar-refractivity contribution in [1.29, 1.82) is 0 Å². The van der Waals surface area contributed by atoms with Crippen LogP contribution < -0.4 is 10.6 Å². The molecule has 0 radical (unpaired) electrons. The van der Waals surface area contributed by atoms with Gasteiger partial charge in [-0.3, -0.25) is 4.79 Å². The van der Waals surface area contributed by atoms with E-state index in [1.807, 2.05) is 42.7 Å². The van der Waals surface area contributed by atoms with Crippen molar-refractivity contribution in [1.82, 2.24) is 9.69 Å². The second-order valence-electron chi connectivity index (χ2n) is 8.07. The molecule has 3 N–H and O–H groups in total. The van der Waals surface area contributed by atoms with E-state index in [4.69, 9.17) is 4.74 Å². The van der Waals surface area contributed by atoms with Crippen LogP contribution >= 0.6 is 23.3 Å². The van der Waals surface area contributed by atoms with E-state index in [1.54, 1.807) is 6.92 Å². The zero-order valence-electron chi connectivity index (χ0n) is 19.2. The number of carboxylic acids is 1. The molecule has 2 amide bonds. The third-order valence-electron chi connectivity index (χ3n) is 5.88. The van der Waals surface area contributed by atoms with E-state index >= 15 is 0 Å². The van der Waals surface area contributed by atoms with Gasteiger partial charge < -0.3 is 20.5 Å². The van der Waals surface area contributed by atoms with Crippen LogP contribution in [0.25, 0.3) is 11.1 Å². The van der Waals surface area contributed by atoms with Crippen LogP contribution in [0, 0.1) is 6.92 Å². The SMILES string of the molecule is CSCCC(NC(=O)OCC1c2ccccc2-c2ccccc21)C(=O)Nc1snc(C)c1C(=O)O. The van der Waals surface area contributed by atoms with Crippen LogP contribution in [0.1, 0.15) is 39.5 Å². The Balaban J connectivity index is 1.43. The summed E-state index contributed by atoms with van der Waals surface area (Å²) in [5.41, 5.74) is 4.72. The largest absolute Gasteiger partial charge is 0.478 e. The number of benzene rings is 2. The lowest BCUT2D eigenvalue weighted by atomic mass is 9.98. The molecule has 1 atom stereocenters. The van der Waals surface area contributed by atoms with Crippen molar-refractivity contribution in [2.75, 3.05) is 23.9 Å². The van der Waals surface area contributed by atoms with Crippen LogP contribution in [0.5, 0.6) is 0 Å². The molecule has 2 aromatic carbocycles. The van der Waals surface area contributed by atoms with Gasteiger partial charge in [0.25, 0.3) is 0 Å². The maximum absolute atomic E-state index is 12.9. The van der Waals surface area contributed by atoms with Gasteiger partial charge in [-0.1, -0.05) is 48.5 Å². The molecule has 4 rings (SSSR count). The average Bonchev–Trinajstić information content (AvgIpc) is 3.37. The summed E-state index contributed by atoms with van der Waals surface area (Å²) in [5, 5.41) is 14.8. The number of amides is 2. The fraction of sp³-hybridized carbons (Fsp3) is 0.280. The van der Waals surface area contributed by atoms with Gasteiger partial charge in [-0.15, -0.1) is 0 Å². The minimum Gasteiger partial charge on any atom is -0.478 e. The number of fused-ring (bicyclic) bond motifs is 3. The van der Waals surface area contributed by atoms with E-state index in [0.29, 0.717) is 17.9 Å². The molecule has 0 saturated carbocycles. The molecular weight excluding hydrogens is 486 g/mol. The first-order chi connectivity index (χ1) is 16.9. The lowest BCUT2D eigenvalue weighted by Gasteiger charge is -2.19. The highest BCUT2D eigenvalue weighted by molar-refractivity contribution is 7.98. The van der Waals surface area contributed by atoms with E-state index < -0.39 is 24.0 Å². The minimum atomic E-state index is -1.17. The van der Waals surface area contributed by atoms with Crippen LogP contribution in [-0.2, 0) is 9.53 Å². The maximum atomic E-state index is 12.9. The summed E-state index contributed by atoms with van der Waals surface area (Å²) in [6.45, 7) is 1.70. The number of nitrogens with one attached hydrogen (secondary N) is 2. The summed E-state index contributed by atoms with van der Waals surface area (Å²) in [4.78, 5) is 37.1. The number of carbonyl (C=O) groups is 3. The molecule has 0 saturated heterocycles. The first-order valence-electron chi connectivity index (χ1n) is 11.0. The lowest BCUT2D eigenvalue weighted by molar-refractivity contribution is -0.118. The highest BCUT2D eigenvalue weighted by Gasteiger charge is 2.30. The quantitative estimate of drug-likeness (QED) is 0.379. The first-order valence-corrected chi connectivity index (χ1v) is 13.2.